The SMILES string of the molecule is C=C(CS[C@H](CCC)C(C)=N)N[C@H](CC(CC)c1ccccc1C)C(=C)C. The summed E-state index contributed by atoms with van der Waals surface area (Å²) < 4.78 is 0. The van der Waals surface area contributed by atoms with Gasteiger partial charge in [0.15, 0.2) is 0 Å². The quantitative estimate of drug-likeness (QED) is 0.287. The van der Waals surface area contributed by atoms with E-state index in [0.717, 1.165) is 48.4 Å². The van der Waals surface area contributed by atoms with Gasteiger partial charge in [0.2, 0.25) is 0 Å². The van der Waals surface area contributed by atoms with E-state index in [-0.39, 0.29) is 6.04 Å². The average molecular weight is 387 g/mol. The van der Waals surface area contributed by atoms with Crippen LogP contribution in [0.1, 0.15) is 70.4 Å². The van der Waals surface area contributed by atoms with Crippen molar-refractivity contribution in [3.63, 3.8) is 0 Å². The van der Waals surface area contributed by atoms with Gasteiger partial charge in [-0.05, 0) is 57.1 Å². The van der Waals surface area contributed by atoms with Gasteiger partial charge in [0, 0.05) is 28.5 Å². The van der Waals surface area contributed by atoms with Gasteiger partial charge >= 0.3 is 0 Å². The minimum Gasteiger partial charge on any atom is -0.382 e. The molecular formula is C24H38N2S. The van der Waals surface area contributed by atoms with Crippen molar-refractivity contribution in [2.24, 2.45) is 0 Å². The molecule has 0 aliphatic heterocycles. The van der Waals surface area contributed by atoms with Gasteiger partial charge < -0.3 is 10.7 Å². The van der Waals surface area contributed by atoms with Crippen LogP contribution < -0.4 is 5.32 Å². The summed E-state index contributed by atoms with van der Waals surface area (Å²) in [7, 11) is 0. The maximum absolute atomic E-state index is 7.96. The van der Waals surface area contributed by atoms with Gasteiger partial charge in [-0.2, -0.15) is 0 Å². The van der Waals surface area contributed by atoms with Crippen molar-refractivity contribution in [1.82, 2.24) is 5.32 Å². The average Bonchev–Trinajstić information content (AvgIpc) is 2.62. The van der Waals surface area contributed by atoms with Crippen LogP contribution >= 0.6 is 11.8 Å². The predicted molar refractivity (Wildman–Crippen MR) is 124 cm³/mol. The molecule has 0 bridgehead atoms. The molecule has 0 saturated carbocycles. The second kappa shape index (κ2) is 12.1. The summed E-state index contributed by atoms with van der Waals surface area (Å²) in [6.07, 6.45) is 4.31. The van der Waals surface area contributed by atoms with Crippen LogP contribution in [0.25, 0.3) is 0 Å². The monoisotopic (exact) mass is 386 g/mol. The van der Waals surface area contributed by atoms with Crippen LogP contribution in [0.4, 0.5) is 0 Å². The Kier molecular flexibility index (Phi) is 10.5. The van der Waals surface area contributed by atoms with Crippen molar-refractivity contribution < 1.29 is 0 Å². The summed E-state index contributed by atoms with van der Waals surface area (Å²) in [5, 5.41) is 11.9. The second-order valence-electron chi connectivity index (χ2n) is 7.62. The second-order valence-corrected chi connectivity index (χ2v) is 8.81. The Morgan fingerprint density at radius 2 is 1.85 bits per heavy atom. The molecule has 0 aromatic heterocycles. The van der Waals surface area contributed by atoms with Crippen molar-refractivity contribution in [2.75, 3.05) is 5.75 Å². The molecule has 0 fully saturated rings. The standard InChI is InChI=1S/C24H38N2S/c1-8-12-24(20(7)25)27-16-19(6)26-23(17(3)4)15-21(9-2)22-14-11-10-13-18(22)5/h10-11,13-14,21,23-26H,3,6,8-9,12,15-16H2,1-2,4-5,7H3/t21?,23-,24-/m1/s1. The summed E-state index contributed by atoms with van der Waals surface area (Å²) in [6.45, 7) is 19.1. The first-order valence-corrected chi connectivity index (χ1v) is 11.2. The van der Waals surface area contributed by atoms with Gasteiger partial charge in [0.25, 0.3) is 0 Å². The number of hydrogen-bond acceptors (Lipinski definition) is 3. The molecule has 1 aromatic carbocycles. The molecule has 2 N–H and O–H groups in total. The van der Waals surface area contributed by atoms with Crippen LogP contribution in [0.3, 0.4) is 0 Å². The molecule has 0 aliphatic carbocycles. The Morgan fingerprint density at radius 1 is 1.19 bits per heavy atom. The summed E-state index contributed by atoms with van der Waals surface area (Å²) in [6, 6.07) is 8.93. The number of aryl methyl sites for hydroxylation is 1. The zero-order valence-corrected chi connectivity index (χ0v) is 18.7. The van der Waals surface area contributed by atoms with Crippen LogP contribution in [-0.2, 0) is 0 Å². The van der Waals surface area contributed by atoms with Gasteiger partial charge in [-0.25, -0.2) is 0 Å². The fourth-order valence-electron chi connectivity index (χ4n) is 3.40. The summed E-state index contributed by atoms with van der Waals surface area (Å²) in [5.41, 5.74) is 5.76. The predicted octanol–water partition coefficient (Wildman–Crippen LogP) is 6.87. The van der Waals surface area contributed by atoms with Crippen molar-refractivity contribution in [2.45, 2.75) is 77.5 Å². The lowest BCUT2D eigenvalue weighted by Gasteiger charge is -2.27. The Morgan fingerprint density at radius 3 is 2.37 bits per heavy atom. The van der Waals surface area contributed by atoms with Gasteiger partial charge in [-0.3, -0.25) is 0 Å². The summed E-state index contributed by atoms with van der Waals surface area (Å²) >= 11 is 1.82. The van der Waals surface area contributed by atoms with E-state index in [1.807, 2.05) is 18.7 Å². The first-order valence-electron chi connectivity index (χ1n) is 10.1. The van der Waals surface area contributed by atoms with Gasteiger partial charge in [-0.15, -0.1) is 11.8 Å². The Labute approximate surface area is 171 Å². The third kappa shape index (κ3) is 7.96. The largest absolute Gasteiger partial charge is 0.382 e. The van der Waals surface area contributed by atoms with E-state index < -0.39 is 0 Å². The number of benzene rings is 1. The molecule has 3 atom stereocenters. The maximum atomic E-state index is 7.96. The highest BCUT2D eigenvalue weighted by molar-refractivity contribution is 8.00. The highest BCUT2D eigenvalue weighted by Crippen LogP contribution is 2.29. The van der Waals surface area contributed by atoms with Crippen LogP contribution in [0.15, 0.2) is 48.7 Å². The van der Waals surface area contributed by atoms with E-state index in [1.54, 1.807) is 0 Å². The molecule has 150 valence electrons. The van der Waals surface area contributed by atoms with Gasteiger partial charge in [0.1, 0.15) is 0 Å². The van der Waals surface area contributed by atoms with Crippen molar-refractivity contribution in [3.8, 4) is 0 Å². The Hall–Kier alpha value is -1.48. The first-order chi connectivity index (χ1) is 12.8. The minimum atomic E-state index is 0.230. The normalized spacial score (nSPS) is 14.3. The molecule has 0 amide bonds. The molecule has 3 heteroatoms. The molecule has 0 heterocycles. The molecule has 1 unspecified atom stereocenters. The van der Waals surface area contributed by atoms with Crippen LogP contribution in [0, 0.1) is 12.3 Å². The van der Waals surface area contributed by atoms with E-state index in [9.17, 15) is 0 Å². The molecular weight excluding hydrogens is 348 g/mol. The third-order valence-corrected chi connectivity index (χ3v) is 6.61. The molecule has 0 radical (unpaired) electrons. The topological polar surface area (TPSA) is 35.9 Å². The Balaban J connectivity index is 2.72. The maximum Gasteiger partial charge on any atom is 0.0471 e. The zero-order valence-electron chi connectivity index (χ0n) is 17.9. The van der Waals surface area contributed by atoms with E-state index in [1.165, 1.54) is 11.1 Å². The molecule has 1 aromatic rings. The molecule has 0 spiro atoms. The van der Waals surface area contributed by atoms with E-state index in [0.29, 0.717) is 11.2 Å². The van der Waals surface area contributed by atoms with E-state index in [2.05, 4.69) is 70.4 Å². The molecule has 1 rings (SSSR count). The fraction of sp³-hybridized carbons (Fsp3) is 0.542. The number of thioether (sulfide) groups is 1. The van der Waals surface area contributed by atoms with Crippen LogP contribution in [-0.4, -0.2) is 22.8 Å². The minimum absolute atomic E-state index is 0.230. The highest BCUT2D eigenvalue weighted by Gasteiger charge is 2.20. The van der Waals surface area contributed by atoms with Gasteiger partial charge in [-0.1, -0.05) is 63.3 Å². The molecule has 27 heavy (non-hydrogen) atoms. The molecule has 0 saturated heterocycles. The number of rotatable bonds is 13. The highest BCUT2D eigenvalue weighted by atomic mass is 32.2. The number of hydrogen-bond donors (Lipinski definition) is 2. The van der Waals surface area contributed by atoms with Crippen molar-refractivity contribution in [3.05, 3.63) is 59.8 Å². The van der Waals surface area contributed by atoms with E-state index in [4.69, 9.17) is 5.41 Å². The van der Waals surface area contributed by atoms with Crippen LogP contribution in [0.2, 0.25) is 0 Å². The molecule has 0 aliphatic rings. The third-order valence-electron chi connectivity index (χ3n) is 5.11. The molecule has 2 nitrogen and oxygen atoms in total. The lowest BCUT2D eigenvalue weighted by Crippen LogP contribution is -2.32. The smallest absolute Gasteiger partial charge is 0.0471 e. The van der Waals surface area contributed by atoms with Gasteiger partial charge in [0.05, 0.1) is 0 Å². The summed E-state index contributed by atoms with van der Waals surface area (Å²) in [5.74, 6) is 1.35. The van der Waals surface area contributed by atoms with Crippen molar-refractivity contribution >= 4 is 17.5 Å². The van der Waals surface area contributed by atoms with E-state index >= 15 is 0 Å². The first kappa shape index (κ1) is 23.6. The summed E-state index contributed by atoms with van der Waals surface area (Å²) in [4.78, 5) is 0. The lowest BCUT2D eigenvalue weighted by molar-refractivity contribution is 0.505. The number of nitrogens with one attached hydrogen (secondary N) is 2. The zero-order chi connectivity index (χ0) is 20.4. The van der Waals surface area contributed by atoms with Crippen LogP contribution in [0.5, 0.6) is 0 Å². The Bertz CT molecular complexity index is 635. The van der Waals surface area contributed by atoms with Crippen molar-refractivity contribution in [1.29, 1.82) is 5.41 Å². The fourth-order valence-corrected chi connectivity index (χ4v) is 4.54. The lowest BCUT2D eigenvalue weighted by atomic mass is 9.86.